The van der Waals surface area contributed by atoms with Gasteiger partial charge in [0.1, 0.15) is 0 Å². The molecule has 3 N–H and O–H groups in total. The first-order chi connectivity index (χ1) is 11.4. The Kier molecular flexibility index (Phi) is 5.95. The number of anilines is 2. The van der Waals surface area contributed by atoms with Crippen LogP contribution in [0.2, 0.25) is 0 Å². The van der Waals surface area contributed by atoms with E-state index in [9.17, 15) is 9.59 Å². The molecule has 126 valence electrons. The lowest BCUT2D eigenvalue weighted by molar-refractivity contribution is -0.120. The van der Waals surface area contributed by atoms with E-state index >= 15 is 0 Å². The van der Waals surface area contributed by atoms with Crippen LogP contribution < -0.4 is 16.0 Å². The minimum atomic E-state index is -0.302. The fourth-order valence-electron chi connectivity index (χ4n) is 2.19. The van der Waals surface area contributed by atoms with Crippen LogP contribution in [0.25, 0.3) is 0 Å². The highest BCUT2D eigenvalue weighted by molar-refractivity contribution is 5.99. The Hall–Kier alpha value is -2.82. The van der Waals surface area contributed by atoms with Crippen molar-refractivity contribution < 1.29 is 9.59 Å². The minimum absolute atomic E-state index is 0.0113. The molecule has 0 spiro atoms. The summed E-state index contributed by atoms with van der Waals surface area (Å²) in [6, 6.07) is 14.6. The Balaban J connectivity index is 1.87. The SMILES string of the molecule is Cc1ccc(NC(=O)Nc2ccc(CC(=O)NC(C)C)cc2)cc1. The molecule has 2 rings (SSSR count). The quantitative estimate of drug-likeness (QED) is 0.784. The summed E-state index contributed by atoms with van der Waals surface area (Å²) in [5.41, 5.74) is 3.45. The van der Waals surface area contributed by atoms with E-state index in [0.717, 1.165) is 16.8 Å². The average Bonchev–Trinajstić information content (AvgIpc) is 2.51. The first-order valence-corrected chi connectivity index (χ1v) is 7.95. The number of hydrogen-bond donors (Lipinski definition) is 3. The monoisotopic (exact) mass is 325 g/mol. The Morgan fingerprint density at radius 2 is 1.38 bits per heavy atom. The Morgan fingerprint density at radius 3 is 1.88 bits per heavy atom. The van der Waals surface area contributed by atoms with Gasteiger partial charge in [0.05, 0.1) is 6.42 Å². The van der Waals surface area contributed by atoms with E-state index in [1.807, 2.05) is 57.2 Å². The van der Waals surface area contributed by atoms with Crippen molar-refractivity contribution in [2.24, 2.45) is 0 Å². The molecule has 0 aliphatic carbocycles. The summed E-state index contributed by atoms with van der Waals surface area (Å²) in [6.07, 6.45) is 0.327. The molecule has 5 nitrogen and oxygen atoms in total. The number of urea groups is 1. The van der Waals surface area contributed by atoms with Crippen LogP contribution in [0, 0.1) is 6.92 Å². The minimum Gasteiger partial charge on any atom is -0.354 e. The highest BCUT2D eigenvalue weighted by atomic mass is 16.2. The normalized spacial score (nSPS) is 10.3. The Bertz CT molecular complexity index is 692. The lowest BCUT2D eigenvalue weighted by atomic mass is 10.1. The maximum absolute atomic E-state index is 12.0. The molecule has 0 bridgehead atoms. The first kappa shape index (κ1) is 17.5. The number of amides is 3. The fourth-order valence-corrected chi connectivity index (χ4v) is 2.19. The van der Waals surface area contributed by atoms with Crippen LogP contribution in [-0.2, 0) is 11.2 Å². The number of carbonyl (C=O) groups excluding carboxylic acids is 2. The molecule has 3 amide bonds. The zero-order valence-electron chi connectivity index (χ0n) is 14.2. The van der Waals surface area contributed by atoms with Crippen LogP contribution in [0.4, 0.5) is 16.2 Å². The number of nitrogens with one attached hydrogen (secondary N) is 3. The van der Waals surface area contributed by atoms with Crippen molar-refractivity contribution >= 4 is 23.3 Å². The van der Waals surface area contributed by atoms with Gasteiger partial charge in [-0.1, -0.05) is 29.8 Å². The summed E-state index contributed by atoms with van der Waals surface area (Å²) >= 11 is 0. The molecular weight excluding hydrogens is 302 g/mol. The number of benzene rings is 2. The van der Waals surface area contributed by atoms with E-state index in [4.69, 9.17) is 0 Å². The first-order valence-electron chi connectivity index (χ1n) is 7.95. The third-order valence-electron chi connectivity index (χ3n) is 3.34. The van der Waals surface area contributed by atoms with Crippen LogP contribution in [0.5, 0.6) is 0 Å². The topological polar surface area (TPSA) is 70.2 Å². The third kappa shape index (κ3) is 5.76. The summed E-state index contributed by atoms with van der Waals surface area (Å²) in [7, 11) is 0. The highest BCUT2D eigenvalue weighted by Gasteiger charge is 2.06. The van der Waals surface area contributed by atoms with E-state index < -0.39 is 0 Å². The van der Waals surface area contributed by atoms with Crippen LogP contribution in [0.15, 0.2) is 48.5 Å². The highest BCUT2D eigenvalue weighted by Crippen LogP contribution is 2.12. The largest absolute Gasteiger partial charge is 0.354 e. The van der Waals surface area contributed by atoms with Crippen molar-refractivity contribution in [2.45, 2.75) is 33.2 Å². The molecule has 0 unspecified atom stereocenters. The van der Waals surface area contributed by atoms with Gasteiger partial charge in [0.25, 0.3) is 0 Å². The molecule has 5 heteroatoms. The molecule has 0 aliphatic rings. The van der Waals surface area contributed by atoms with Gasteiger partial charge in [-0.25, -0.2) is 4.79 Å². The number of aryl methyl sites for hydroxylation is 1. The second-order valence-electron chi connectivity index (χ2n) is 6.04. The van der Waals surface area contributed by atoms with E-state index in [1.165, 1.54) is 0 Å². The molecule has 0 saturated carbocycles. The Labute approximate surface area is 142 Å². The summed E-state index contributed by atoms with van der Waals surface area (Å²) in [5, 5.41) is 8.39. The second kappa shape index (κ2) is 8.15. The van der Waals surface area contributed by atoms with Crippen molar-refractivity contribution in [2.75, 3.05) is 10.6 Å². The maximum atomic E-state index is 12.0. The van der Waals surface area contributed by atoms with E-state index in [2.05, 4.69) is 16.0 Å². The van der Waals surface area contributed by atoms with Gasteiger partial charge >= 0.3 is 6.03 Å². The van der Waals surface area contributed by atoms with Gasteiger partial charge in [0.2, 0.25) is 5.91 Å². The summed E-state index contributed by atoms with van der Waals surface area (Å²) in [5.74, 6) is -0.0113. The fraction of sp³-hybridized carbons (Fsp3) is 0.263. The van der Waals surface area contributed by atoms with E-state index in [0.29, 0.717) is 12.1 Å². The summed E-state index contributed by atoms with van der Waals surface area (Å²) in [4.78, 5) is 23.7. The molecule has 0 heterocycles. The van der Waals surface area contributed by atoms with Gasteiger partial charge in [-0.2, -0.15) is 0 Å². The zero-order chi connectivity index (χ0) is 17.5. The third-order valence-corrected chi connectivity index (χ3v) is 3.34. The van der Waals surface area contributed by atoms with E-state index in [1.54, 1.807) is 12.1 Å². The van der Waals surface area contributed by atoms with Crippen LogP contribution in [0.3, 0.4) is 0 Å². The molecule has 0 aromatic heterocycles. The molecule has 0 atom stereocenters. The smallest absolute Gasteiger partial charge is 0.323 e. The summed E-state index contributed by atoms with van der Waals surface area (Å²) < 4.78 is 0. The van der Waals surface area contributed by atoms with Crippen LogP contribution in [0.1, 0.15) is 25.0 Å². The van der Waals surface area contributed by atoms with Crippen molar-refractivity contribution in [1.29, 1.82) is 0 Å². The van der Waals surface area contributed by atoms with Gasteiger partial charge < -0.3 is 16.0 Å². The van der Waals surface area contributed by atoms with Crippen molar-refractivity contribution in [3.05, 3.63) is 59.7 Å². The maximum Gasteiger partial charge on any atom is 0.323 e. The average molecular weight is 325 g/mol. The molecule has 0 radical (unpaired) electrons. The van der Waals surface area contributed by atoms with Crippen molar-refractivity contribution in [1.82, 2.24) is 5.32 Å². The second-order valence-corrected chi connectivity index (χ2v) is 6.04. The predicted octanol–water partition coefficient (Wildman–Crippen LogP) is 3.71. The molecule has 2 aromatic rings. The van der Waals surface area contributed by atoms with Crippen molar-refractivity contribution in [3.8, 4) is 0 Å². The lowest BCUT2D eigenvalue weighted by Gasteiger charge is -2.10. The number of carbonyl (C=O) groups is 2. The van der Waals surface area contributed by atoms with Gasteiger partial charge in [0, 0.05) is 17.4 Å². The molecule has 0 saturated heterocycles. The standard InChI is InChI=1S/C19H23N3O2/c1-13(2)20-18(23)12-15-6-10-17(11-7-15)22-19(24)21-16-8-4-14(3)5-9-16/h4-11,13H,12H2,1-3H3,(H,20,23)(H2,21,22,24). The summed E-state index contributed by atoms with van der Waals surface area (Å²) in [6.45, 7) is 5.85. The molecule has 24 heavy (non-hydrogen) atoms. The number of rotatable bonds is 5. The van der Waals surface area contributed by atoms with Gasteiger partial charge in [0.15, 0.2) is 0 Å². The van der Waals surface area contributed by atoms with E-state index in [-0.39, 0.29) is 18.0 Å². The van der Waals surface area contributed by atoms with Gasteiger partial charge in [-0.3, -0.25) is 4.79 Å². The molecule has 0 aliphatic heterocycles. The van der Waals surface area contributed by atoms with Crippen molar-refractivity contribution in [3.63, 3.8) is 0 Å². The van der Waals surface area contributed by atoms with Gasteiger partial charge in [-0.05, 0) is 50.6 Å². The van der Waals surface area contributed by atoms with Gasteiger partial charge in [-0.15, -0.1) is 0 Å². The lowest BCUT2D eigenvalue weighted by Crippen LogP contribution is -2.31. The molecular formula is C19H23N3O2. The molecule has 0 fully saturated rings. The predicted molar refractivity (Wildman–Crippen MR) is 97.2 cm³/mol. The Morgan fingerprint density at radius 1 is 0.875 bits per heavy atom. The zero-order valence-corrected chi connectivity index (χ0v) is 14.2. The molecule has 2 aromatic carbocycles. The van der Waals surface area contributed by atoms with Crippen LogP contribution >= 0.6 is 0 Å². The van der Waals surface area contributed by atoms with Crippen LogP contribution in [-0.4, -0.2) is 18.0 Å². The number of hydrogen-bond acceptors (Lipinski definition) is 2.